The third-order valence-electron chi connectivity index (χ3n) is 3.71. The lowest BCUT2D eigenvalue weighted by atomic mass is 10.1. The van der Waals surface area contributed by atoms with Crippen molar-refractivity contribution in [1.82, 2.24) is 5.48 Å². The van der Waals surface area contributed by atoms with Crippen LogP contribution in [0.15, 0.2) is 28.5 Å². The minimum atomic E-state index is -5.39. The molecular formula is C16H14F7N3O4. The summed E-state index contributed by atoms with van der Waals surface area (Å²) in [6.07, 6.45) is -9.57. The van der Waals surface area contributed by atoms with E-state index < -0.39 is 84.2 Å². The van der Waals surface area contributed by atoms with Gasteiger partial charge in [-0.15, -0.1) is 0 Å². The van der Waals surface area contributed by atoms with Crippen LogP contribution in [-0.2, 0) is 4.84 Å². The molecule has 2 rings (SSSR count). The number of nitrogens with one attached hydrogen (secondary N) is 2. The highest BCUT2D eigenvalue weighted by atomic mass is 19.4. The van der Waals surface area contributed by atoms with Crippen LogP contribution in [0.3, 0.4) is 0 Å². The number of anilines is 1. The van der Waals surface area contributed by atoms with Gasteiger partial charge >= 0.3 is 6.18 Å². The van der Waals surface area contributed by atoms with Gasteiger partial charge in [-0.1, -0.05) is 0 Å². The van der Waals surface area contributed by atoms with Crippen LogP contribution < -0.4 is 10.8 Å². The molecule has 4 N–H and O–H groups in total. The number of aliphatic imine (C=N–C) groups is 1. The number of dihydropyridines is 1. The van der Waals surface area contributed by atoms with Crippen LogP contribution in [0.2, 0.25) is 0 Å². The second-order valence-corrected chi connectivity index (χ2v) is 5.87. The number of carbonyl (C=O) groups is 1. The number of nitrogens with zero attached hydrogens (tertiary/aromatic N) is 1. The first-order chi connectivity index (χ1) is 14.0. The van der Waals surface area contributed by atoms with Crippen molar-refractivity contribution in [3.63, 3.8) is 0 Å². The first-order valence-electron chi connectivity index (χ1n) is 8.09. The Bertz CT molecular complexity index is 873. The van der Waals surface area contributed by atoms with E-state index in [2.05, 4.69) is 9.83 Å². The third-order valence-corrected chi connectivity index (χ3v) is 3.71. The van der Waals surface area contributed by atoms with Crippen LogP contribution in [0.4, 0.5) is 36.4 Å². The van der Waals surface area contributed by atoms with E-state index in [1.54, 1.807) is 10.8 Å². The zero-order valence-corrected chi connectivity index (χ0v) is 14.7. The molecule has 1 amide bonds. The molecular weight excluding hydrogens is 431 g/mol. The third kappa shape index (κ3) is 5.25. The molecule has 0 radical (unpaired) electrons. The van der Waals surface area contributed by atoms with Crippen LogP contribution in [0.25, 0.3) is 0 Å². The van der Waals surface area contributed by atoms with Gasteiger partial charge in [0.2, 0.25) is 0 Å². The second-order valence-electron chi connectivity index (χ2n) is 5.87. The minimum Gasteiger partial charge on any atom is -0.394 e. The zero-order valence-electron chi connectivity index (χ0n) is 14.7. The normalized spacial score (nSPS) is 18.2. The predicted octanol–water partition coefficient (Wildman–Crippen LogP) is 1.93. The number of carbonyl (C=O) groups excluding carboxylic acids is 1. The standard InChI is InChI=1S/C16H14F7N3O4/c17-8-2-1-7(15(29)26-30-5-6(28)4-27)13(11(8)19)25-14-12(20)10(16(21,22)23)9(18)3-24-14/h1-2,6,9,27-28H,3-5H2,(H,24,25)(H,26,29). The quantitative estimate of drug-likeness (QED) is 0.396. The number of aliphatic hydroxyl groups is 2. The number of amides is 1. The van der Waals surface area contributed by atoms with Crippen molar-refractivity contribution in [2.45, 2.75) is 18.5 Å². The number of hydrogen-bond donors (Lipinski definition) is 4. The molecule has 0 saturated carbocycles. The van der Waals surface area contributed by atoms with Crippen molar-refractivity contribution in [2.75, 3.05) is 25.1 Å². The maximum absolute atomic E-state index is 14.2. The highest BCUT2D eigenvalue weighted by molar-refractivity contribution is 6.11. The number of hydrogen-bond acceptors (Lipinski definition) is 6. The van der Waals surface area contributed by atoms with Crippen molar-refractivity contribution in [3.8, 4) is 0 Å². The van der Waals surface area contributed by atoms with Gasteiger partial charge in [0.25, 0.3) is 5.91 Å². The molecule has 1 aliphatic rings. The topological polar surface area (TPSA) is 103 Å². The summed E-state index contributed by atoms with van der Waals surface area (Å²) in [5, 5.41) is 19.5. The van der Waals surface area contributed by atoms with Crippen LogP contribution in [-0.4, -0.2) is 60.2 Å². The van der Waals surface area contributed by atoms with E-state index >= 15 is 0 Å². The Labute approximate surface area is 163 Å². The fraction of sp³-hybridized carbons (Fsp3) is 0.375. The van der Waals surface area contributed by atoms with Crippen LogP contribution in [0.5, 0.6) is 0 Å². The van der Waals surface area contributed by atoms with E-state index in [4.69, 9.17) is 10.2 Å². The summed E-state index contributed by atoms with van der Waals surface area (Å²) < 4.78 is 94.0. The van der Waals surface area contributed by atoms with Gasteiger partial charge in [0.05, 0.1) is 24.4 Å². The average Bonchev–Trinajstić information content (AvgIpc) is 2.66. The maximum atomic E-state index is 14.2. The lowest BCUT2D eigenvalue weighted by Gasteiger charge is -2.22. The molecule has 0 fully saturated rings. The smallest absolute Gasteiger partial charge is 0.394 e. The summed E-state index contributed by atoms with van der Waals surface area (Å²) in [6.45, 7) is -2.45. The van der Waals surface area contributed by atoms with Crippen molar-refractivity contribution >= 4 is 17.4 Å². The molecule has 2 atom stereocenters. The fourth-order valence-electron chi connectivity index (χ4n) is 2.29. The minimum absolute atomic E-state index is 0.506. The van der Waals surface area contributed by atoms with Gasteiger partial charge in [0.1, 0.15) is 18.3 Å². The van der Waals surface area contributed by atoms with E-state index in [1.165, 1.54) is 0 Å². The van der Waals surface area contributed by atoms with Gasteiger partial charge in [-0.2, -0.15) is 13.2 Å². The van der Waals surface area contributed by atoms with Crippen molar-refractivity contribution in [1.29, 1.82) is 0 Å². The van der Waals surface area contributed by atoms with Crippen molar-refractivity contribution in [3.05, 3.63) is 40.7 Å². The van der Waals surface area contributed by atoms with E-state index in [9.17, 15) is 35.5 Å². The van der Waals surface area contributed by atoms with Crippen LogP contribution in [0, 0.1) is 11.6 Å². The fourth-order valence-corrected chi connectivity index (χ4v) is 2.29. The lowest BCUT2D eigenvalue weighted by molar-refractivity contribution is -0.102. The van der Waals surface area contributed by atoms with Gasteiger partial charge in [-0.05, 0) is 12.1 Å². The molecule has 1 aromatic rings. The molecule has 0 aliphatic carbocycles. The zero-order chi connectivity index (χ0) is 22.6. The van der Waals surface area contributed by atoms with Crippen LogP contribution in [0.1, 0.15) is 10.4 Å². The molecule has 1 aliphatic heterocycles. The Morgan fingerprint density at radius 3 is 2.57 bits per heavy atom. The number of amidine groups is 1. The Balaban J connectivity index is 2.34. The van der Waals surface area contributed by atoms with Crippen molar-refractivity contribution < 1.29 is 50.6 Å². The van der Waals surface area contributed by atoms with E-state index in [0.717, 1.165) is 0 Å². The molecule has 0 aromatic heterocycles. The van der Waals surface area contributed by atoms with Gasteiger partial charge in [-0.3, -0.25) is 14.6 Å². The summed E-state index contributed by atoms with van der Waals surface area (Å²) >= 11 is 0. The number of benzene rings is 1. The van der Waals surface area contributed by atoms with Crippen molar-refractivity contribution in [2.24, 2.45) is 4.99 Å². The highest BCUT2D eigenvalue weighted by Crippen LogP contribution is 2.36. The number of hydroxylamine groups is 1. The van der Waals surface area contributed by atoms with Gasteiger partial charge in [0, 0.05) is 0 Å². The molecule has 30 heavy (non-hydrogen) atoms. The summed E-state index contributed by atoms with van der Waals surface area (Å²) in [4.78, 5) is 19.9. The number of halogens is 7. The summed E-state index contributed by atoms with van der Waals surface area (Å²) in [6, 6.07) is 1.21. The molecule has 1 heterocycles. The van der Waals surface area contributed by atoms with E-state index in [0.29, 0.717) is 12.1 Å². The molecule has 14 heteroatoms. The predicted molar refractivity (Wildman–Crippen MR) is 87.9 cm³/mol. The first kappa shape index (κ1) is 23.6. The van der Waals surface area contributed by atoms with Gasteiger partial charge in [0.15, 0.2) is 29.5 Å². The second kappa shape index (κ2) is 9.40. The Hall–Kier alpha value is -2.71. The lowest BCUT2D eigenvalue weighted by Crippen LogP contribution is -2.34. The molecule has 0 spiro atoms. The Kier molecular flexibility index (Phi) is 7.39. The number of alkyl halides is 4. The Morgan fingerprint density at radius 2 is 1.97 bits per heavy atom. The maximum Gasteiger partial charge on any atom is 0.418 e. The Morgan fingerprint density at radius 1 is 1.30 bits per heavy atom. The largest absolute Gasteiger partial charge is 0.418 e. The number of rotatable bonds is 6. The molecule has 166 valence electrons. The molecule has 0 saturated heterocycles. The van der Waals surface area contributed by atoms with E-state index in [1.807, 2.05) is 0 Å². The molecule has 7 nitrogen and oxygen atoms in total. The molecule has 2 unspecified atom stereocenters. The molecule has 1 aromatic carbocycles. The van der Waals surface area contributed by atoms with E-state index in [-0.39, 0.29) is 0 Å². The monoisotopic (exact) mass is 445 g/mol. The van der Waals surface area contributed by atoms with Gasteiger partial charge in [-0.25, -0.2) is 23.0 Å². The summed E-state index contributed by atoms with van der Waals surface area (Å²) in [5.41, 5.74) is -2.30. The SMILES string of the molecule is O=C(NOCC(O)CO)c1ccc(F)c(F)c1NC1=NCC(F)C(C(F)(F)F)=C1F. The summed E-state index contributed by atoms with van der Waals surface area (Å²) in [7, 11) is 0. The number of aliphatic hydroxyl groups excluding tert-OH is 2. The summed E-state index contributed by atoms with van der Waals surface area (Å²) in [5.74, 6) is -8.00. The van der Waals surface area contributed by atoms with Gasteiger partial charge < -0.3 is 15.5 Å². The van der Waals surface area contributed by atoms with Crippen LogP contribution >= 0.6 is 0 Å². The highest BCUT2D eigenvalue weighted by Gasteiger charge is 2.45. The molecule has 0 bridgehead atoms. The first-order valence-corrected chi connectivity index (χ1v) is 8.09. The average molecular weight is 445 g/mol.